The van der Waals surface area contributed by atoms with Gasteiger partial charge < -0.3 is 10.0 Å². The molecule has 1 N–H and O–H groups in total. The zero-order chi connectivity index (χ0) is 13.7. The molecule has 1 saturated carbocycles. The van der Waals surface area contributed by atoms with Crippen LogP contribution in [-0.4, -0.2) is 34.6 Å². The molecular weight excluding hydrogens is 242 g/mol. The monoisotopic (exact) mass is 263 g/mol. The van der Waals surface area contributed by atoms with Crippen LogP contribution in [0.25, 0.3) is 0 Å². The normalized spacial score (nSPS) is 16.3. The zero-order valence-electron chi connectivity index (χ0n) is 11.4. The van der Waals surface area contributed by atoms with E-state index in [1.54, 1.807) is 4.90 Å². The van der Waals surface area contributed by atoms with E-state index in [2.05, 4.69) is 9.97 Å². The minimum Gasteiger partial charge on any atom is -0.481 e. The largest absolute Gasteiger partial charge is 0.481 e. The SMILES string of the molecule is CN(CCC(=O)O)c1ncc(C2CCCCC2)cn1. The van der Waals surface area contributed by atoms with Gasteiger partial charge in [0.15, 0.2) is 0 Å². The molecule has 0 radical (unpaired) electrons. The van der Waals surface area contributed by atoms with Crippen molar-refractivity contribution >= 4 is 11.9 Å². The molecule has 1 aliphatic carbocycles. The lowest BCUT2D eigenvalue weighted by Crippen LogP contribution is -2.23. The van der Waals surface area contributed by atoms with Crippen LogP contribution in [0.4, 0.5) is 5.95 Å². The summed E-state index contributed by atoms with van der Waals surface area (Å²) in [6.45, 7) is 0.429. The summed E-state index contributed by atoms with van der Waals surface area (Å²) in [6, 6.07) is 0. The third kappa shape index (κ3) is 3.91. The number of aromatic nitrogens is 2. The van der Waals surface area contributed by atoms with Crippen LogP contribution in [0.15, 0.2) is 12.4 Å². The molecule has 0 aliphatic heterocycles. The smallest absolute Gasteiger partial charge is 0.305 e. The Bertz CT molecular complexity index is 413. The highest BCUT2D eigenvalue weighted by Gasteiger charge is 2.16. The third-order valence-electron chi connectivity index (χ3n) is 3.74. The number of aliphatic carboxylic acids is 1. The molecule has 0 amide bonds. The van der Waals surface area contributed by atoms with Gasteiger partial charge in [0.05, 0.1) is 6.42 Å². The molecule has 1 heterocycles. The molecule has 1 aromatic rings. The summed E-state index contributed by atoms with van der Waals surface area (Å²) < 4.78 is 0. The number of hydrogen-bond acceptors (Lipinski definition) is 4. The Balaban J connectivity index is 1.95. The minimum atomic E-state index is -0.800. The fraction of sp³-hybridized carbons (Fsp3) is 0.643. The second-order valence-corrected chi connectivity index (χ2v) is 5.22. The molecule has 5 heteroatoms. The van der Waals surface area contributed by atoms with E-state index in [9.17, 15) is 4.79 Å². The molecule has 2 rings (SSSR count). The summed E-state index contributed by atoms with van der Waals surface area (Å²) in [6.07, 6.45) is 10.3. The van der Waals surface area contributed by atoms with Gasteiger partial charge >= 0.3 is 5.97 Å². The number of anilines is 1. The van der Waals surface area contributed by atoms with Gasteiger partial charge in [-0.15, -0.1) is 0 Å². The summed E-state index contributed by atoms with van der Waals surface area (Å²) in [4.78, 5) is 21.0. The van der Waals surface area contributed by atoms with Gasteiger partial charge in [-0.2, -0.15) is 0 Å². The van der Waals surface area contributed by atoms with Crippen molar-refractivity contribution in [1.29, 1.82) is 0 Å². The molecule has 0 spiro atoms. The van der Waals surface area contributed by atoms with Gasteiger partial charge in [0, 0.05) is 26.0 Å². The van der Waals surface area contributed by atoms with E-state index in [4.69, 9.17) is 5.11 Å². The Kier molecular flexibility index (Phi) is 4.71. The van der Waals surface area contributed by atoms with E-state index in [0.29, 0.717) is 18.4 Å². The molecule has 0 unspecified atom stereocenters. The van der Waals surface area contributed by atoms with Gasteiger partial charge in [-0.1, -0.05) is 19.3 Å². The Labute approximate surface area is 113 Å². The first kappa shape index (κ1) is 13.8. The van der Waals surface area contributed by atoms with Crippen molar-refractivity contribution in [3.63, 3.8) is 0 Å². The number of carboxylic acid groups (broad SMARTS) is 1. The lowest BCUT2D eigenvalue weighted by Gasteiger charge is -2.22. The number of carboxylic acids is 1. The Morgan fingerprint density at radius 1 is 1.32 bits per heavy atom. The molecule has 19 heavy (non-hydrogen) atoms. The quantitative estimate of drug-likeness (QED) is 0.883. The number of rotatable bonds is 5. The Morgan fingerprint density at radius 2 is 1.95 bits per heavy atom. The summed E-state index contributed by atoms with van der Waals surface area (Å²) in [5, 5.41) is 8.66. The minimum absolute atomic E-state index is 0.101. The van der Waals surface area contributed by atoms with Crippen molar-refractivity contribution in [1.82, 2.24) is 9.97 Å². The molecule has 0 bridgehead atoms. The molecule has 5 nitrogen and oxygen atoms in total. The topological polar surface area (TPSA) is 66.3 Å². The van der Waals surface area contributed by atoms with Crippen LogP contribution in [0.1, 0.15) is 50.0 Å². The fourth-order valence-corrected chi connectivity index (χ4v) is 2.54. The van der Waals surface area contributed by atoms with Crippen LogP contribution in [0, 0.1) is 0 Å². The maximum absolute atomic E-state index is 10.5. The van der Waals surface area contributed by atoms with E-state index >= 15 is 0 Å². The van der Waals surface area contributed by atoms with Crippen molar-refractivity contribution in [2.45, 2.75) is 44.4 Å². The second-order valence-electron chi connectivity index (χ2n) is 5.22. The highest BCUT2D eigenvalue weighted by molar-refractivity contribution is 5.67. The van der Waals surface area contributed by atoms with Crippen molar-refractivity contribution in [2.24, 2.45) is 0 Å². The molecule has 1 aliphatic rings. The van der Waals surface area contributed by atoms with Gasteiger partial charge in [-0.25, -0.2) is 9.97 Å². The van der Waals surface area contributed by atoms with Gasteiger partial charge in [0.1, 0.15) is 0 Å². The lowest BCUT2D eigenvalue weighted by molar-refractivity contribution is -0.136. The number of nitrogens with zero attached hydrogens (tertiary/aromatic N) is 3. The van der Waals surface area contributed by atoms with Crippen LogP contribution in [-0.2, 0) is 4.79 Å². The molecule has 0 saturated heterocycles. The van der Waals surface area contributed by atoms with E-state index in [1.165, 1.54) is 37.7 Å². The lowest BCUT2D eigenvalue weighted by atomic mass is 9.85. The molecule has 0 aromatic carbocycles. The van der Waals surface area contributed by atoms with Gasteiger partial charge in [0.2, 0.25) is 5.95 Å². The Morgan fingerprint density at radius 3 is 2.53 bits per heavy atom. The summed E-state index contributed by atoms with van der Waals surface area (Å²) in [5.74, 6) is 0.401. The summed E-state index contributed by atoms with van der Waals surface area (Å²) >= 11 is 0. The number of hydrogen-bond donors (Lipinski definition) is 1. The number of carbonyl (C=O) groups is 1. The molecule has 104 valence electrons. The molecular formula is C14H21N3O2. The van der Waals surface area contributed by atoms with E-state index < -0.39 is 5.97 Å². The van der Waals surface area contributed by atoms with E-state index in [-0.39, 0.29) is 6.42 Å². The van der Waals surface area contributed by atoms with Crippen molar-refractivity contribution in [3.8, 4) is 0 Å². The molecule has 0 atom stereocenters. The first-order valence-corrected chi connectivity index (χ1v) is 6.91. The van der Waals surface area contributed by atoms with Crippen LogP contribution in [0.3, 0.4) is 0 Å². The van der Waals surface area contributed by atoms with Crippen LogP contribution in [0.2, 0.25) is 0 Å². The summed E-state index contributed by atoms with van der Waals surface area (Å²) in [5.41, 5.74) is 1.22. The van der Waals surface area contributed by atoms with Gasteiger partial charge in [-0.05, 0) is 24.3 Å². The van der Waals surface area contributed by atoms with Crippen LogP contribution < -0.4 is 4.90 Å². The maximum Gasteiger partial charge on any atom is 0.305 e. The first-order valence-electron chi connectivity index (χ1n) is 6.91. The highest BCUT2D eigenvalue weighted by atomic mass is 16.4. The highest BCUT2D eigenvalue weighted by Crippen LogP contribution is 2.31. The molecule has 1 aromatic heterocycles. The zero-order valence-corrected chi connectivity index (χ0v) is 11.4. The average molecular weight is 263 g/mol. The fourth-order valence-electron chi connectivity index (χ4n) is 2.54. The maximum atomic E-state index is 10.5. The van der Waals surface area contributed by atoms with E-state index in [1.807, 2.05) is 19.4 Å². The van der Waals surface area contributed by atoms with Gasteiger partial charge in [0.25, 0.3) is 0 Å². The van der Waals surface area contributed by atoms with Crippen molar-refractivity contribution in [2.75, 3.05) is 18.5 Å². The predicted molar refractivity (Wildman–Crippen MR) is 73.4 cm³/mol. The van der Waals surface area contributed by atoms with Crippen LogP contribution in [0.5, 0.6) is 0 Å². The molecule has 1 fully saturated rings. The van der Waals surface area contributed by atoms with Crippen LogP contribution >= 0.6 is 0 Å². The van der Waals surface area contributed by atoms with E-state index in [0.717, 1.165) is 0 Å². The average Bonchev–Trinajstić information content (AvgIpc) is 2.46. The van der Waals surface area contributed by atoms with Gasteiger partial charge in [-0.3, -0.25) is 4.79 Å². The van der Waals surface area contributed by atoms with Crippen molar-refractivity contribution in [3.05, 3.63) is 18.0 Å². The Hall–Kier alpha value is -1.65. The summed E-state index contributed by atoms with van der Waals surface area (Å²) in [7, 11) is 1.82. The predicted octanol–water partition coefficient (Wildman–Crippen LogP) is 2.44. The standard InChI is InChI=1S/C14H21N3O2/c1-17(8-7-13(18)19)14-15-9-12(10-16-14)11-5-3-2-4-6-11/h9-11H,2-8H2,1H3,(H,18,19). The third-order valence-corrected chi connectivity index (χ3v) is 3.74. The van der Waals surface area contributed by atoms with Crippen molar-refractivity contribution < 1.29 is 9.90 Å². The first-order chi connectivity index (χ1) is 9.16. The second kappa shape index (κ2) is 6.50.